The van der Waals surface area contributed by atoms with Gasteiger partial charge in [-0.2, -0.15) is 5.10 Å². The van der Waals surface area contributed by atoms with Crippen molar-refractivity contribution in [3.8, 4) is 5.75 Å². The highest BCUT2D eigenvalue weighted by molar-refractivity contribution is 7.92. The quantitative estimate of drug-likeness (QED) is 0.366. The number of para-hydroxylation sites is 1. The fraction of sp³-hybridized carbons (Fsp3) is 0.231. The maximum absolute atomic E-state index is 13.6. The van der Waals surface area contributed by atoms with Gasteiger partial charge in [-0.1, -0.05) is 42.8 Å². The predicted octanol–water partition coefficient (Wildman–Crippen LogP) is 4.30. The van der Waals surface area contributed by atoms with E-state index in [1.54, 1.807) is 62.6 Å². The van der Waals surface area contributed by atoms with Crippen LogP contribution in [0.25, 0.3) is 0 Å². The van der Waals surface area contributed by atoms with Gasteiger partial charge in [0.2, 0.25) is 0 Å². The molecular formula is C26H29N3O4S. The summed E-state index contributed by atoms with van der Waals surface area (Å²) in [5.74, 6) is 0.168. The van der Waals surface area contributed by atoms with E-state index in [0.29, 0.717) is 23.6 Å². The fourth-order valence-corrected chi connectivity index (χ4v) is 4.86. The molecule has 0 unspecified atom stereocenters. The highest BCUT2D eigenvalue weighted by Gasteiger charge is 2.28. The SMILES string of the molecule is CCc1ccccc1N(CC(=O)N/N=C(/C)c1ccc(OC)cc1)S(=O)(=O)c1ccc(C)cc1. The molecule has 0 radical (unpaired) electrons. The average Bonchev–Trinajstić information content (AvgIpc) is 2.86. The van der Waals surface area contributed by atoms with Crippen molar-refractivity contribution in [1.29, 1.82) is 0 Å². The molecule has 0 saturated heterocycles. The van der Waals surface area contributed by atoms with E-state index < -0.39 is 22.5 Å². The zero-order valence-electron chi connectivity index (χ0n) is 19.8. The van der Waals surface area contributed by atoms with E-state index in [0.717, 1.165) is 21.0 Å². The minimum Gasteiger partial charge on any atom is -0.497 e. The van der Waals surface area contributed by atoms with E-state index in [-0.39, 0.29) is 4.90 Å². The molecule has 0 aliphatic heterocycles. The number of anilines is 1. The van der Waals surface area contributed by atoms with Crippen molar-refractivity contribution >= 4 is 27.3 Å². The van der Waals surface area contributed by atoms with E-state index >= 15 is 0 Å². The first-order valence-corrected chi connectivity index (χ1v) is 12.3. The Hall–Kier alpha value is -3.65. The first kappa shape index (κ1) is 25.0. The third kappa shape index (κ3) is 5.82. The minimum absolute atomic E-state index is 0.120. The second kappa shape index (κ2) is 11.0. The Labute approximate surface area is 201 Å². The van der Waals surface area contributed by atoms with Crippen LogP contribution in [0.2, 0.25) is 0 Å². The van der Waals surface area contributed by atoms with Gasteiger partial charge in [0.1, 0.15) is 12.3 Å². The second-order valence-electron chi connectivity index (χ2n) is 7.77. The summed E-state index contributed by atoms with van der Waals surface area (Å²) < 4.78 is 33.4. The maximum atomic E-state index is 13.6. The number of amides is 1. The van der Waals surface area contributed by atoms with Crippen molar-refractivity contribution in [2.45, 2.75) is 32.1 Å². The monoisotopic (exact) mass is 479 g/mol. The molecule has 0 aliphatic carbocycles. The number of nitrogens with one attached hydrogen (secondary N) is 1. The Morgan fingerprint density at radius 1 is 1.00 bits per heavy atom. The van der Waals surface area contributed by atoms with Gasteiger partial charge in [-0.15, -0.1) is 0 Å². The summed E-state index contributed by atoms with van der Waals surface area (Å²) in [5, 5.41) is 4.16. The Morgan fingerprint density at radius 3 is 2.26 bits per heavy atom. The molecule has 0 atom stereocenters. The van der Waals surface area contributed by atoms with Gasteiger partial charge in [0.15, 0.2) is 0 Å². The van der Waals surface area contributed by atoms with Crippen molar-refractivity contribution in [2.75, 3.05) is 18.0 Å². The van der Waals surface area contributed by atoms with Crippen molar-refractivity contribution < 1.29 is 17.9 Å². The van der Waals surface area contributed by atoms with Crippen LogP contribution in [0.1, 0.15) is 30.5 Å². The lowest BCUT2D eigenvalue weighted by Gasteiger charge is -2.26. The largest absolute Gasteiger partial charge is 0.497 e. The number of carbonyl (C=O) groups is 1. The number of rotatable bonds is 9. The topological polar surface area (TPSA) is 88.1 Å². The molecule has 34 heavy (non-hydrogen) atoms. The number of hydrogen-bond acceptors (Lipinski definition) is 5. The molecule has 7 nitrogen and oxygen atoms in total. The van der Waals surface area contributed by atoms with Crippen LogP contribution in [0.3, 0.4) is 0 Å². The van der Waals surface area contributed by atoms with Crippen molar-refractivity contribution in [3.63, 3.8) is 0 Å². The highest BCUT2D eigenvalue weighted by Crippen LogP contribution is 2.27. The van der Waals surface area contributed by atoms with E-state index in [2.05, 4.69) is 10.5 Å². The molecule has 1 N–H and O–H groups in total. The van der Waals surface area contributed by atoms with Crippen molar-refractivity contribution in [3.05, 3.63) is 89.5 Å². The van der Waals surface area contributed by atoms with Crippen LogP contribution in [-0.2, 0) is 21.2 Å². The fourth-order valence-electron chi connectivity index (χ4n) is 3.40. The summed E-state index contributed by atoms with van der Waals surface area (Å²) in [7, 11) is -2.40. The minimum atomic E-state index is -3.99. The molecule has 0 heterocycles. The molecule has 8 heteroatoms. The van der Waals surface area contributed by atoms with Gasteiger partial charge in [0.05, 0.1) is 23.4 Å². The molecular weight excluding hydrogens is 450 g/mol. The smallest absolute Gasteiger partial charge is 0.264 e. The lowest BCUT2D eigenvalue weighted by atomic mass is 10.1. The van der Waals surface area contributed by atoms with E-state index in [9.17, 15) is 13.2 Å². The van der Waals surface area contributed by atoms with Crippen molar-refractivity contribution in [2.24, 2.45) is 5.10 Å². The lowest BCUT2D eigenvalue weighted by Crippen LogP contribution is -2.40. The summed E-state index contributed by atoms with van der Waals surface area (Å²) >= 11 is 0. The molecule has 178 valence electrons. The standard InChI is InChI=1S/C26H29N3O4S/c1-5-21-8-6-7-9-25(21)29(34(31,32)24-16-10-19(2)11-17-24)18-26(30)28-27-20(3)22-12-14-23(33-4)15-13-22/h6-17H,5,18H2,1-4H3,(H,28,30)/b27-20-. The van der Waals surface area contributed by atoms with E-state index in [1.807, 2.05) is 38.1 Å². The predicted molar refractivity (Wildman–Crippen MR) is 135 cm³/mol. The van der Waals surface area contributed by atoms with Crippen LogP contribution < -0.4 is 14.5 Å². The normalized spacial score (nSPS) is 11.7. The summed E-state index contributed by atoms with van der Waals surface area (Å²) in [6, 6.07) is 21.0. The first-order chi connectivity index (χ1) is 16.3. The van der Waals surface area contributed by atoms with Gasteiger partial charge in [0.25, 0.3) is 15.9 Å². The van der Waals surface area contributed by atoms with E-state index in [4.69, 9.17) is 4.74 Å². The summed E-state index contributed by atoms with van der Waals surface area (Å²) in [5.41, 5.74) is 6.12. The molecule has 0 aliphatic rings. The van der Waals surface area contributed by atoms with Gasteiger partial charge in [-0.25, -0.2) is 13.8 Å². The Morgan fingerprint density at radius 2 is 1.65 bits per heavy atom. The van der Waals surface area contributed by atoms with Gasteiger partial charge < -0.3 is 4.74 Å². The first-order valence-electron chi connectivity index (χ1n) is 10.9. The van der Waals surface area contributed by atoms with E-state index in [1.165, 1.54) is 0 Å². The number of aryl methyl sites for hydroxylation is 2. The number of hydrazone groups is 1. The third-order valence-corrected chi connectivity index (χ3v) is 7.17. The van der Waals surface area contributed by atoms with Gasteiger partial charge in [-0.3, -0.25) is 9.10 Å². The number of hydrogen-bond donors (Lipinski definition) is 1. The zero-order valence-corrected chi connectivity index (χ0v) is 20.6. The van der Waals surface area contributed by atoms with Gasteiger partial charge in [-0.05, 0) is 73.9 Å². The Kier molecular flexibility index (Phi) is 8.07. The summed E-state index contributed by atoms with van der Waals surface area (Å²) in [6.45, 7) is 5.18. The van der Waals surface area contributed by atoms with Crippen LogP contribution in [0, 0.1) is 6.92 Å². The van der Waals surface area contributed by atoms with Crippen LogP contribution >= 0.6 is 0 Å². The highest BCUT2D eigenvalue weighted by atomic mass is 32.2. The van der Waals surface area contributed by atoms with Crippen LogP contribution in [0.5, 0.6) is 5.75 Å². The molecule has 3 aromatic carbocycles. The number of carbonyl (C=O) groups excluding carboxylic acids is 1. The van der Waals surface area contributed by atoms with Crippen LogP contribution in [0.4, 0.5) is 5.69 Å². The summed E-state index contributed by atoms with van der Waals surface area (Å²) in [4.78, 5) is 13.0. The van der Waals surface area contributed by atoms with Gasteiger partial charge in [0, 0.05) is 0 Å². The molecule has 0 saturated carbocycles. The molecule has 3 aromatic rings. The number of methoxy groups -OCH3 is 1. The number of ether oxygens (including phenoxy) is 1. The molecule has 3 rings (SSSR count). The van der Waals surface area contributed by atoms with Gasteiger partial charge >= 0.3 is 0 Å². The maximum Gasteiger partial charge on any atom is 0.264 e. The lowest BCUT2D eigenvalue weighted by molar-refractivity contribution is -0.119. The molecule has 0 bridgehead atoms. The molecule has 0 aromatic heterocycles. The van der Waals surface area contributed by atoms with Crippen LogP contribution in [-0.4, -0.2) is 33.7 Å². The second-order valence-corrected chi connectivity index (χ2v) is 9.63. The number of benzene rings is 3. The molecule has 1 amide bonds. The number of sulfonamides is 1. The zero-order chi connectivity index (χ0) is 24.7. The molecule has 0 fully saturated rings. The third-order valence-electron chi connectivity index (χ3n) is 5.39. The Bertz CT molecular complexity index is 1270. The molecule has 0 spiro atoms. The summed E-state index contributed by atoms with van der Waals surface area (Å²) in [6.07, 6.45) is 0.618. The Balaban J connectivity index is 1.89. The average molecular weight is 480 g/mol. The van der Waals surface area contributed by atoms with Crippen molar-refractivity contribution in [1.82, 2.24) is 5.43 Å². The number of nitrogens with zero attached hydrogens (tertiary/aromatic N) is 2. The van der Waals surface area contributed by atoms with Crippen LogP contribution in [0.15, 0.2) is 82.8 Å².